The number of hydrogen-bond acceptors (Lipinski definition) is 5. The summed E-state index contributed by atoms with van der Waals surface area (Å²) < 4.78 is 18.0. The van der Waals surface area contributed by atoms with Crippen LogP contribution in [0.4, 0.5) is 0 Å². The standard InChI is InChI=1S/C38H62O5Si/c1-9-10-11-20-32-21-12-13-24-34(32)29-35(42-30(2)39)25-16-14-22-33-23-15-17-26-36(33)37(43-31(3)40)27-18-19-28-41-44(7,8)38(4,5)6/h12-14,16,21-22,24-25,33,35-37H,9-11,15,17-20,23,26-29H2,1-8H3/b22-14+,25-16+/t33-,35?,36+,37?/m0/s1. The zero-order valence-electron chi connectivity index (χ0n) is 29.2. The van der Waals surface area contributed by atoms with E-state index in [4.69, 9.17) is 13.9 Å². The zero-order chi connectivity index (χ0) is 32.6. The van der Waals surface area contributed by atoms with E-state index in [0.717, 1.165) is 45.1 Å². The van der Waals surface area contributed by atoms with Crippen LogP contribution >= 0.6 is 0 Å². The van der Waals surface area contributed by atoms with Gasteiger partial charge in [-0.25, -0.2) is 0 Å². The topological polar surface area (TPSA) is 61.8 Å². The van der Waals surface area contributed by atoms with Gasteiger partial charge in [0, 0.05) is 32.8 Å². The molecule has 0 aliphatic heterocycles. The van der Waals surface area contributed by atoms with Crippen LogP contribution in [0, 0.1) is 11.8 Å². The number of carbonyl (C=O) groups is 2. The normalized spacial score (nSPS) is 19.3. The van der Waals surface area contributed by atoms with Crippen LogP contribution in [0.3, 0.4) is 0 Å². The molecule has 0 saturated heterocycles. The van der Waals surface area contributed by atoms with E-state index in [2.05, 4.69) is 77.2 Å². The number of carbonyl (C=O) groups excluding carboxylic acids is 2. The van der Waals surface area contributed by atoms with Gasteiger partial charge in [-0.3, -0.25) is 9.59 Å². The van der Waals surface area contributed by atoms with Crippen molar-refractivity contribution in [2.24, 2.45) is 11.8 Å². The van der Waals surface area contributed by atoms with E-state index >= 15 is 0 Å². The number of ether oxygens (including phenoxy) is 2. The van der Waals surface area contributed by atoms with E-state index in [-0.39, 0.29) is 29.2 Å². The molecule has 4 atom stereocenters. The number of unbranched alkanes of at least 4 members (excludes halogenated alkanes) is 3. The SMILES string of the molecule is CCCCCc1ccccc1CC(/C=C/C=C/[C@H]1CCCC[C@H]1C(CCCCO[Si](C)(C)C(C)(C)C)OC(C)=O)OC(C)=O. The van der Waals surface area contributed by atoms with Gasteiger partial charge in [0.15, 0.2) is 8.32 Å². The maximum absolute atomic E-state index is 12.1. The van der Waals surface area contributed by atoms with Crippen molar-refractivity contribution in [1.82, 2.24) is 0 Å². The Kier molecular flexibility index (Phi) is 16.7. The molecule has 1 fully saturated rings. The highest BCUT2D eigenvalue weighted by atomic mass is 28.4. The lowest BCUT2D eigenvalue weighted by molar-refractivity contribution is -0.151. The van der Waals surface area contributed by atoms with Gasteiger partial charge in [0.25, 0.3) is 0 Å². The summed E-state index contributed by atoms with van der Waals surface area (Å²) in [5, 5.41) is 0.209. The van der Waals surface area contributed by atoms with Crippen molar-refractivity contribution in [3.63, 3.8) is 0 Å². The molecule has 0 amide bonds. The number of rotatable bonds is 18. The van der Waals surface area contributed by atoms with Crippen molar-refractivity contribution in [2.45, 2.75) is 149 Å². The predicted molar refractivity (Wildman–Crippen MR) is 185 cm³/mol. The highest BCUT2D eigenvalue weighted by molar-refractivity contribution is 6.74. The predicted octanol–water partition coefficient (Wildman–Crippen LogP) is 9.94. The van der Waals surface area contributed by atoms with Crippen LogP contribution in [0.15, 0.2) is 48.6 Å². The Bertz CT molecular complexity index is 1050. The second kappa shape index (κ2) is 19.4. The van der Waals surface area contributed by atoms with Crippen molar-refractivity contribution >= 4 is 20.3 Å². The Hall–Kier alpha value is -2.18. The van der Waals surface area contributed by atoms with Gasteiger partial charge in [-0.2, -0.15) is 0 Å². The van der Waals surface area contributed by atoms with Crippen LogP contribution in [0.2, 0.25) is 18.1 Å². The van der Waals surface area contributed by atoms with Crippen molar-refractivity contribution in [3.05, 3.63) is 59.7 Å². The van der Waals surface area contributed by atoms with Crippen LogP contribution in [0.1, 0.15) is 117 Å². The highest BCUT2D eigenvalue weighted by Crippen LogP contribution is 2.38. The molecule has 2 rings (SSSR count). The summed E-state index contributed by atoms with van der Waals surface area (Å²) >= 11 is 0. The van der Waals surface area contributed by atoms with Crippen molar-refractivity contribution in [1.29, 1.82) is 0 Å². The average Bonchev–Trinajstić information content (AvgIpc) is 2.94. The molecule has 0 spiro atoms. The van der Waals surface area contributed by atoms with E-state index in [1.807, 2.05) is 12.2 Å². The minimum atomic E-state index is -1.75. The second-order valence-corrected chi connectivity index (χ2v) is 19.0. The largest absolute Gasteiger partial charge is 0.462 e. The first kappa shape index (κ1) is 38.0. The maximum atomic E-state index is 12.1. The van der Waals surface area contributed by atoms with Crippen molar-refractivity contribution in [2.75, 3.05) is 6.61 Å². The molecule has 0 bridgehead atoms. The summed E-state index contributed by atoms with van der Waals surface area (Å²) in [6.07, 6.45) is 20.7. The molecule has 0 aromatic heterocycles. The lowest BCUT2D eigenvalue weighted by atomic mass is 9.75. The summed E-state index contributed by atoms with van der Waals surface area (Å²) in [6, 6.07) is 8.51. The quantitative estimate of drug-likeness (QED) is 0.0702. The van der Waals surface area contributed by atoms with Gasteiger partial charge in [-0.1, -0.05) is 95.9 Å². The molecule has 248 valence electrons. The fourth-order valence-corrected chi connectivity index (χ4v) is 7.08. The smallest absolute Gasteiger partial charge is 0.303 e. The van der Waals surface area contributed by atoms with Crippen LogP contribution in [-0.2, 0) is 36.3 Å². The molecular formula is C38H62O5Si. The molecule has 0 radical (unpaired) electrons. The lowest BCUT2D eigenvalue weighted by Crippen LogP contribution is -2.41. The van der Waals surface area contributed by atoms with Gasteiger partial charge in [-0.05, 0) is 86.2 Å². The van der Waals surface area contributed by atoms with Crippen LogP contribution in [0.25, 0.3) is 0 Å². The van der Waals surface area contributed by atoms with E-state index in [9.17, 15) is 9.59 Å². The molecule has 0 heterocycles. The molecule has 1 aromatic rings. The van der Waals surface area contributed by atoms with E-state index in [1.54, 1.807) is 0 Å². The first-order valence-electron chi connectivity index (χ1n) is 17.2. The third-order valence-electron chi connectivity index (χ3n) is 9.52. The lowest BCUT2D eigenvalue weighted by Gasteiger charge is -2.36. The number of benzene rings is 1. The summed E-state index contributed by atoms with van der Waals surface area (Å²) in [7, 11) is -1.75. The van der Waals surface area contributed by atoms with E-state index in [1.165, 1.54) is 57.1 Å². The fourth-order valence-electron chi connectivity index (χ4n) is 5.99. The Morgan fingerprint density at radius 1 is 0.932 bits per heavy atom. The van der Waals surface area contributed by atoms with E-state index in [0.29, 0.717) is 18.3 Å². The summed E-state index contributed by atoms with van der Waals surface area (Å²) in [5.41, 5.74) is 2.59. The van der Waals surface area contributed by atoms with Crippen molar-refractivity contribution < 1.29 is 23.5 Å². The molecule has 1 aliphatic rings. The molecule has 44 heavy (non-hydrogen) atoms. The first-order valence-corrected chi connectivity index (χ1v) is 20.1. The summed E-state index contributed by atoms with van der Waals surface area (Å²) in [6.45, 7) is 17.4. The average molecular weight is 627 g/mol. The highest BCUT2D eigenvalue weighted by Gasteiger charge is 2.37. The second-order valence-electron chi connectivity index (χ2n) is 14.2. The molecule has 1 aromatic carbocycles. The third-order valence-corrected chi connectivity index (χ3v) is 14.1. The Balaban J connectivity index is 2.04. The molecule has 2 unspecified atom stereocenters. The molecule has 1 aliphatic carbocycles. The van der Waals surface area contributed by atoms with Crippen LogP contribution < -0.4 is 0 Å². The van der Waals surface area contributed by atoms with E-state index < -0.39 is 8.32 Å². The van der Waals surface area contributed by atoms with Gasteiger partial charge in [0.1, 0.15) is 12.2 Å². The molecule has 6 heteroatoms. The molecule has 1 saturated carbocycles. The van der Waals surface area contributed by atoms with Gasteiger partial charge in [0.05, 0.1) is 0 Å². The monoisotopic (exact) mass is 626 g/mol. The van der Waals surface area contributed by atoms with Gasteiger partial charge < -0.3 is 13.9 Å². The zero-order valence-corrected chi connectivity index (χ0v) is 30.2. The summed E-state index contributed by atoms with van der Waals surface area (Å²) in [4.78, 5) is 24.0. The third kappa shape index (κ3) is 13.8. The van der Waals surface area contributed by atoms with Gasteiger partial charge in [0.2, 0.25) is 0 Å². The number of allylic oxidation sites excluding steroid dienone is 3. The Morgan fingerprint density at radius 2 is 1.61 bits per heavy atom. The summed E-state index contributed by atoms with van der Waals surface area (Å²) in [5.74, 6) is 0.212. The van der Waals surface area contributed by atoms with Crippen molar-refractivity contribution in [3.8, 4) is 0 Å². The number of hydrogen-bond donors (Lipinski definition) is 0. The fraction of sp³-hybridized carbons (Fsp3) is 0.684. The minimum Gasteiger partial charge on any atom is -0.462 e. The molecule has 0 N–H and O–H groups in total. The maximum Gasteiger partial charge on any atom is 0.303 e. The van der Waals surface area contributed by atoms with Gasteiger partial charge >= 0.3 is 11.9 Å². The van der Waals surface area contributed by atoms with Gasteiger partial charge in [-0.15, -0.1) is 0 Å². The number of esters is 2. The molecule has 5 nitrogen and oxygen atoms in total. The first-order chi connectivity index (χ1) is 20.8. The van der Waals surface area contributed by atoms with Crippen LogP contribution in [-0.4, -0.2) is 39.1 Å². The Morgan fingerprint density at radius 3 is 2.27 bits per heavy atom. The Labute approximate surface area is 270 Å². The molecular weight excluding hydrogens is 564 g/mol. The number of aryl methyl sites for hydroxylation is 1. The van der Waals surface area contributed by atoms with Crippen LogP contribution in [0.5, 0.6) is 0 Å². The minimum absolute atomic E-state index is 0.0719.